The molecule has 0 aliphatic carbocycles. The van der Waals surface area contributed by atoms with Gasteiger partial charge in [0.05, 0.1) is 4.47 Å². The molecule has 0 radical (unpaired) electrons. The Morgan fingerprint density at radius 2 is 2.05 bits per heavy atom. The molecule has 0 saturated heterocycles. The molecule has 0 unspecified atom stereocenters. The zero-order chi connectivity index (χ0) is 13.2. The van der Waals surface area contributed by atoms with Crippen LogP contribution in [-0.2, 0) is 6.42 Å². The maximum atomic E-state index is 5.86. The van der Waals surface area contributed by atoms with Gasteiger partial charge in [-0.05, 0) is 46.1 Å². The summed E-state index contributed by atoms with van der Waals surface area (Å²) < 4.78 is 17.4. The second-order valence-electron chi connectivity index (χ2n) is 4.24. The van der Waals surface area contributed by atoms with E-state index in [0.29, 0.717) is 5.75 Å². The summed E-state index contributed by atoms with van der Waals surface area (Å²) in [6, 6.07) is 11.8. The average Bonchev–Trinajstić information content (AvgIpc) is 2.88. The Bertz CT molecular complexity index is 610. The van der Waals surface area contributed by atoms with Crippen LogP contribution >= 0.6 is 15.9 Å². The second-order valence-corrected chi connectivity index (χ2v) is 5.10. The predicted octanol–water partition coefficient (Wildman–Crippen LogP) is 4.53. The first-order valence-corrected chi connectivity index (χ1v) is 6.91. The van der Waals surface area contributed by atoms with E-state index in [4.69, 9.17) is 14.2 Å². The molecular formula is C15H13BrO3. The smallest absolute Gasteiger partial charge is 0.231 e. The lowest BCUT2D eigenvalue weighted by atomic mass is 10.2. The van der Waals surface area contributed by atoms with Crippen LogP contribution in [0.5, 0.6) is 23.0 Å². The van der Waals surface area contributed by atoms with Crippen molar-refractivity contribution in [1.82, 2.24) is 0 Å². The van der Waals surface area contributed by atoms with Crippen molar-refractivity contribution in [1.29, 1.82) is 0 Å². The molecule has 2 aromatic carbocycles. The van der Waals surface area contributed by atoms with E-state index >= 15 is 0 Å². The van der Waals surface area contributed by atoms with Gasteiger partial charge < -0.3 is 14.2 Å². The van der Waals surface area contributed by atoms with Gasteiger partial charge in [0, 0.05) is 6.07 Å². The van der Waals surface area contributed by atoms with E-state index in [-0.39, 0.29) is 6.79 Å². The highest BCUT2D eigenvalue weighted by Gasteiger charge is 2.18. The zero-order valence-electron chi connectivity index (χ0n) is 10.5. The molecule has 3 rings (SSSR count). The van der Waals surface area contributed by atoms with Crippen molar-refractivity contribution in [2.75, 3.05) is 6.79 Å². The lowest BCUT2D eigenvalue weighted by Crippen LogP contribution is -1.93. The fraction of sp³-hybridized carbons (Fsp3) is 0.200. The number of fused-ring (bicyclic) bond motifs is 1. The van der Waals surface area contributed by atoms with E-state index < -0.39 is 0 Å². The van der Waals surface area contributed by atoms with E-state index in [1.165, 1.54) is 5.56 Å². The lowest BCUT2D eigenvalue weighted by Gasteiger charge is -2.08. The van der Waals surface area contributed by atoms with E-state index in [9.17, 15) is 0 Å². The number of ether oxygens (including phenoxy) is 3. The fourth-order valence-electron chi connectivity index (χ4n) is 1.97. The van der Waals surface area contributed by atoms with Crippen molar-refractivity contribution in [2.45, 2.75) is 13.3 Å². The quantitative estimate of drug-likeness (QED) is 0.831. The summed E-state index contributed by atoms with van der Waals surface area (Å²) in [7, 11) is 0. The normalized spacial score (nSPS) is 12.5. The molecule has 0 amide bonds. The highest BCUT2D eigenvalue weighted by Crippen LogP contribution is 2.43. The van der Waals surface area contributed by atoms with Crippen LogP contribution in [-0.4, -0.2) is 6.79 Å². The summed E-state index contributed by atoms with van der Waals surface area (Å²) in [5, 5.41) is 0. The highest BCUT2D eigenvalue weighted by molar-refractivity contribution is 9.10. The molecule has 19 heavy (non-hydrogen) atoms. The minimum Gasteiger partial charge on any atom is -0.457 e. The van der Waals surface area contributed by atoms with Gasteiger partial charge in [-0.15, -0.1) is 0 Å². The first kappa shape index (κ1) is 12.4. The molecule has 1 heterocycles. The number of halogens is 1. The van der Waals surface area contributed by atoms with Gasteiger partial charge in [0.1, 0.15) is 11.5 Å². The molecule has 0 bridgehead atoms. The Kier molecular flexibility index (Phi) is 3.34. The highest BCUT2D eigenvalue weighted by atomic mass is 79.9. The number of aryl methyl sites for hydroxylation is 1. The Balaban J connectivity index is 1.89. The first-order valence-electron chi connectivity index (χ1n) is 6.12. The maximum absolute atomic E-state index is 5.86. The van der Waals surface area contributed by atoms with E-state index in [1.54, 1.807) is 0 Å². The third-order valence-corrected chi connectivity index (χ3v) is 3.53. The summed E-state index contributed by atoms with van der Waals surface area (Å²) >= 11 is 3.45. The topological polar surface area (TPSA) is 27.7 Å². The van der Waals surface area contributed by atoms with Crippen LogP contribution in [0.1, 0.15) is 12.5 Å². The van der Waals surface area contributed by atoms with E-state index in [0.717, 1.165) is 28.1 Å². The summed E-state index contributed by atoms with van der Waals surface area (Å²) in [6.45, 7) is 2.37. The minimum absolute atomic E-state index is 0.253. The molecule has 4 heteroatoms. The predicted molar refractivity (Wildman–Crippen MR) is 76.2 cm³/mol. The molecular weight excluding hydrogens is 308 g/mol. The van der Waals surface area contributed by atoms with E-state index in [2.05, 4.69) is 28.9 Å². The molecule has 0 fully saturated rings. The standard InChI is InChI=1S/C15H13BrO3/c1-2-10-4-3-5-11(6-10)19-12-7-13(16)15-14(8-12)17-9-18-15/h3-8H,2,9H2,1H3. The Morgan fingerprint density at radius 3 is 2.89 bits per heavy atom. The molecule has 0 atom stereocenters. The maximum Gasteiger partial charge on any atom is 0.231 e. The molecule has 0 N–H and O–H groups in total. The Hall–Kier alpha value is -1.68. The average molecular weight is 321 g/mol. The largest absolute Gasteiger partial charge is 0.457 e. The molecule has 1 aliphatic heterocycles. The molecule has 2 aromatic rings. The van der Waals surface area contributed by atoms with Gasteiger partial charge in [0.2, 0.25) is 6.79 Å². The number of hydrogen-bond acceptors (Lipinski definition) is 3. The van der Waals surface area contributed by atoms with Crippen LogP contribution in [0.25, 0.3) is 0 Å². The number of hydrogen-bond donors (Lipinski definition) is 0. The number of rotatable bonds is 3. The van der Waals surface area contributed by atoms with Gasteiger partial charge in [0.25, 0.3) is 0 Å². The van der Waals surface area contributed by atoms with Crippen molar-refractivity contribution in [3.05, 3.63) is 46.4 Å². The zero-order valence-corrected chi connectivity index (χ0v) is 12.1. The van der Waals surface area contributed by atoms with Crippen LogP contribution in [0.2, 0.25) is 0 Å². The Morgan fingerprint density at radius 1 is 1.16 bits per heavy atom. The van der Waals surface area contributed by atoms with Crippen molar-refractivity contribution in [2.24, 2.45) is 0 Å². The van der Waals surface area contributed by atoms with E-state index in [1.807, 2.05) is 30.3 Å². The van der Waals surface area contributed by atoms with Gasteiger partial charge >= 0.3 is 0 Å². The minimum atomic E-state index is 0.253. The van der Waals surface area contributed by atoms with Crippen molar-refractivity contribution in [3.8, 4) is 23.0 Å². The van der Waals surface area contributed by atoms with Gasteiger partial charge in [0.15, 0.2) is 11.5 Å². The molecule has 3 nitrogen and oxygen atoms in total. The lowest BCUT2D eigenvalue weighted by molar-refractivity contribution is 0.173. The number of benzene rings is 2. The molecule has 0 spiro atoms. The summed E-state index contributed by atoms with van der Waals surface area (Å²) in [5.74, 6) is 2.99. The van der Waals surface area contributed by atoms with Gasteiger partial charge in [-0.2, -0.15) is 0 Å². The van der Waals surface area contributed by atoms with Crippen LogP contribution in [0.4, 0.5) is 0 Å². The van der Waals surface area contributed by atoms with Gasteiger partial charge in [-0.25, -0.2) is 0 Å². The molecule has 98 valence electrons. The second kappa shape index (κ2) is 5.13. The van der Waals surface area contributed by atoms with Crippen LogP contribution in [0.3, 0.4) is 0 Å². The molecule has 1 aliphatic rings. The third-order valence-electron chi connectivity index (χ3n) is 2.94. The van der Waals surface area contributed by atoms with Gasteiger partial charge in [-0.3, -0.25) is 0 Å². The summed E-state index contributed by atoms with van der Waals surface area (Å²) in [5.41, 5.74) is 1.25. The van der Waals surface area contributed by atoms with Crippen LogP contribution in [0.15, 0.2) is 40.9 Å². The van der Waals surface area contributed by atoms with Gasteiger partial charge in [-0.1, -0.05) is 19.1 Å². The first-order chi connectivity index (χ1) is 9.26. The monoisotopic (exact) mass is 320 g/mol. The summed E-state index contributed by atoms with van der Waals surface area (Å²) in [6.07, 6.45) is 0.988. The van der Waals surface area contributed by atoms with Crippen LogP contribution < -0.4 is 14.2 Å². The molecule has 0 aromatic heterocycles. The van der Waals surface area contributed by atoms with Crippen LogP contribution in [0, 0.1) is 0 Å². The SMILES string of the molecule is CCc1cccc(Oc2cc(Br)c3c(c2)OCO3)c1. The molecule has 0 saturated carbocycles. The van der Waals surface area contributed by atoms with Crippen molar-refractivity contribution >= 4 is 15.9 Å². The van der Waals surface area contributed by atoms with Crippen molar-refractivity contribution in [3.63, 3.8) is 0 Å². The summed E-state index contributed by atoms with van der Waals surface area (Å²) in [4.78, 5) is 0. The van der Waals surface area contributed by atoms with Crippen molar-refractivity contribution < 1.29 is 14.2 Å². The third kappa shape index (κ3) is 2.54. The Labute approximate surface area is 120 Å². The fourth-order valence-corrected chi connectivity index (χ4v) is 2.50.